The van der Waals surface area contributed by atoms with Crippen LogP contribution >= 0.6 is 0 Å². The molecule has 1 N–H and O–H groups in total. The molecular weight excluding hydrogens is 422 g/mol. The summed E-state index contributed by atoms with van der Waals surface area (Å²) < 4.78 is 18.0. The summed E-state index contributed by atoms with van der Waals surface area (Å²) in [4.78, 5) is 21.8. The summed E-state index contributed by atoms with van der Waals surface area (Å²) in [7, 11) is 1.66. The minimum absolute atomic E-state index is 0.207. The van der Waals surface area contributed by atoms with Gasteiger partial charge in [-0.15, -0.1) is 0 Å². The van der Waals surface area contributed by atoms with E-state index >= 15 is 0 Å². The molecule has 4 aromatic rings. The van der Waals surface area contributed by atoms with Crippen LogP contribution in [0.25, 0.3) is 17.0 Å². The van der Waals surface area contributed by atoms with Crippen LogP contribution in [0.15, 0.2) is 53.3 Å². The number of nitrogens with zero attached hydrogens (tertiary/aromatic N) is 4. The number of rotatable bonds is 8. The Hall–Kier alpha value is -3.56. The number of imidazole rings is 1. The van der Waals surface area contributed by atoms with Crippen molar-refractivity contribution in [2.75, 3.05) is 25.6 Å². The second-order valence-electron chi connectivity index (χ2n) is 8.17. The molecule has 170 valence electrons. The number of benzene rings is 1. The Kier molecular flexibility index (Phi) is 5.89. The standard InChI is InChI=1S/C24H25N5O4/c1-15-6-7-16(22-27-24(33-28-22)17-11-18(12-17)32-10-9-31-2)13-19(15)26-23(30)20-14-25-21-5-3-4-8-29(20)21/h3-8,13-14,17-18H,9-12H2,1-2H3,(H,26,30)/t17-,18-. The summed E-state index contributed by atoms with van der Waals surface area (Å²) in [6, 6.07) is 11.3. The van der Waals surface area contributed by atoms with E-state index in [1.807, 2.05) is 49.5 Å². The van der Waals surface area contributed by atoms with Crippen LogP contribution in [0, 0.1) is 6.92 Å². The van der Waals surface area contributed by atoms with Crippen molar-refractivity contribution < 1.29 is 18.8 Å². The van der Waals surface area contributed by atoms with Crippen molar-refractivity contribution in [1.29, 1.82) is 0 Å². The molecule has 1 aromatic carbocycles. The monoisotopic (exact) mass is 447 g/mol. The number of anilines is 1. The lowest BCUT2D eigenvalue weighted by Gasteiger charge is -2.32. The van der Waals surface area contributed by atoms with Gasteiger partial charge in [0.2, 0.25) is 11.7 Å². The van der Waals surface area contributed by atoms with E-state index in [2.05, 4.69) is 20.4 Å². The van der Waals surface area contributed by atoms with Gasteiger partial charge in [-0.3, -0.25) is 9.20 Å². The lowest BCUT2D eigenvalue weighted by molar-refractivity contribution is -0.0354. The Bertz CT molecular complexity index is 1270. The van der Waals surface area contributed by atoms with Gasteiger partial charge in [-0.1, -0.05) is 23.4 Å². The zero-order valence-corrected chi connectivity index (χ0v) is 18.5. The third-order valence-electron chi connectivity index (χ3n) is 5.92. The number of aryl methyl sites for hydroxylation is 1. The molecule has 0 bridgehead atoms. The Labute approximate surface area is 190 Å². The van der Waals surface area contributed by atoms with Crippen LogP contribution in [0.4, 0.5) is 5.69 Å². The van der Waals surface area contributed by atoms with Crippen molar-refractivity contribution in [1.82, 2.24) is 19.5 Å². The largest absolute Gasteiger partial charge is 0.382 e. The molecule has 0 spiro atoms. The number of carbonyl (C=O) groups excluding carboxylic acids is 1. The van der Waals surface area contributed by atoms with Gasteiger partial charge in [-0.2, -0.15) is 4.98 Å². The number of hydrogen-bond acceptors (Lipinski definition) is 7. The number of hydrogen-bond donors (Lipinski definition) is 1. The van der Waals surface area contributed by atoms with E-state index in [9.17, 15) is 4.79 Å². The molecule has 5 rings (SSSR count). The summed E-state index contributed by atoms with van der Waals surface area (Å²) >= 11 is 0. The molecule has 1 aliphatic carbocycles. The molecule has 3 heterocycles. The van der Waals surface area contributed by atoms with Crippen LogP contribution in [0.5, 0.6) is 0 Å². The third kappa shape index (κ3) is 4.37. The summed E-state index contributed by atoms with van der Waals surface area (Å²) in [6.07, 6.45) is 5.32. The van der Waals surface area contributed by atoms with Gasteiger partial charge in [0.15, 0.2) is 0 Å². The summed E-state index contributed by atoms with van der Waals surface area (Å²) in [5.74, 6) is 1.09. The summed E-state index contributed by atoms with van der Waals surface area (Å²) in [6.45, 7) is 3.12. The van der Waals surface area contributed by atoms with Crippen LogP contribution in [-0.4, -0.2) is 51.9 Å². The van der Waals surface area contributed by atoms with E-state index in [1.165, 1.54) is 0 Å². The smallest absolute Gasteiger partial charge is 0.274 e. The van der Waals surface area contributed by atoms with E-state index in [-0.39, 0.29) is 17.9 Å². The molecule has 33 heavy (non-hydrogen) atoms. The number of ether oxygens (including phenoxy) is 2. The van der Waals surface area contributed by atoms with Crippen LogP contribution < -0.4 is 5.32 Å². The van der Waals surface area contributed by atoms with Crippen molar-refractivity contribution in [3.8, 4) is 11.4 Å². The number of carbonyl (C=O) groups is 1. The van der Waals surface area contributed by atoms with E-state index in [1.54, 1.807) is 17.7 Å². The number of pyridine rings is 1. The second-order valence-corrected chi connectivity index (χ2v) is 8.17. The third-order valence-corrected chi connectivity index (χ3v) is 5.92. The average molecular weight is 447 g/mol. The fourth-order valence-electron chi connectivity index (χ4n) is 3.90. The number of methoxy groups -OCH3 is 1. The predicted molar refractivity (Wildman–Crippen MR) is 121 cm³/mol. The van der Waals surface area contributed by atoms with Gasteiger partial charge >= 0.3 is 0 Å². The number of fused-ring (bicyclic) bond motifs is 1. The minimum atomic E-state index is -0.239. The average Bonchev–Trinajstić information content (AvgIpc) is 3.44. The van der Waals surface area contributed by atoms with Gasteiger partial charge in [0.05, 0.1) is 25.5 Å². The Morgan fingerprint density at radius 2 is 2.12 bits per heavy atom. The highest BCUT2D eigenvalue weighted by atomic mass is 16.5. The maximum Gasteiger partial charge on any atom is 0.274 e. The van der Waals surface area contributed by atoms with E-state index in [0.717, 1.165) is 29.6 Å². The summed E-state index contributed by atoms with van der Waals surface area (Å²) in [5.41, 5.74) is 3.57. The van der Waals surface area contributed by atoms with E-state index in [4.69, 9.17) is 14.0 Å². The molecule has 1 aliphatic rings. The van der Waals surface area contributed by atoms with Gasteiger partial charge in [0, 0.05) is 30.5 Å². The molecule has 0 saturated heterocycles. The minimum Gasteiger partial charge on any atom is -0.382 e. The maximum absolute atomic E-state index is 12.9. The molecule has 9 nitrogen and oxygen atoms in total. The molecule has 1 fully saturated rings. The van der Waals surface area contributed by atoms with Gasteiger partial charge < -0.3 is 19.3 Å². The fourth-order valence-corrected chi connectivity index (χ4v) is 3.90. The normalized spacial score (nSPS) is 17.8. The first-order valence-electron chi connectivity index (χ1n) is 10.9. The van der Waals surface area contributed by atoms with Gasteiger partial charge in [-0.05, 0) is 43.5 Å². The molecule has 1 saturated carbocycles. The van der Waals surface area contributed by atoms with Crippen molar-refractivity contribution in [3.63, 3.8) is 0 Å². The quantitative estimate of drug-likeness (QED) is 0.409. The van der Waals surface area contributed by atoms with E-state index < -0.39 is 0 Å². The molecule has 3 aromatic heterocycles. The molecule has 0 radical (unpaired) electrons. The fraction of sp³-hybridized carbons (Fsp3) is 0.333. The van der Waals surface area contributed by atoms with Gasteiger partial charge in [0.1, 0.15) is 11.3 Å². The number of nitrogens with one attached hydrogen (secondary N) is 1. The first-order valence-corrected chi connectivity index (χ1v) is 10.9. The predicted octanol–water partition coefficient (Wildman–Crippen LogP) is 3.85. The SMILES string of the molecule is COCCO[C@H]1C[C@H](c2nc(-c3ccc(C)c(NC(=O)c4cnc5ccccn45)c3)no2)C1. The molecule has 0 atom stereocenters. The van der Waals surface area contributed by atoms with Crippen molar-refractivity contribution in [2.24, 2.45) is 0 Å². The Morgan fingerprint density at radius 1 is 1.24 bits per heavy atom. The lowest BCUT2D eigenvalue weighted by Crippen LogP contribution is -2.31. The zero-order chi connectivity index (χ0) is 22.8. The first-order chi connectivity index (χ1) is 16.1. The summed E-state index contributed by atoms with van der Waals surface area (Å²) in [5, 5.41) is 7.14. The van der Waals surface area contributed by atoms with Crippen LogP contribution in [0.2, 0.25) is 0 Å². The lowest BCUT2D eigenvalue weighted by atomic mass is 9.82. The Balaban J connectivity index is 1.28. The molecule has 0 unspecified atom stereocenters. The highest BCUT2D eigenvalue weighted by molar-refractivity contribution is 6.04. The van der Waals surface area contributed by atoms with Crippen LogP contribution in [-0.2, 0) is 9.47 Å². The van der Waals surface area contributed by atoms with Crippen LogP contribution in [0.3, 0.4) is 0 Å². The first kappa shape index (κ1) is 21.3. The second kappa shape index (κ2) is 9.13. The van der Waals surface area contributed by atoms with Crippen molar-refractivity contribution in [3.05, 3.63) is 65.9 Å². The zero-order valence-electron chi connectivity index (χ0n) is 18.5. The van der Waals surface area contributed by atoms with Gasteiger partial charge in [-0.25, -0.2) is 4.98 Å². The highest BCUT2D eigenvalue weighted by Gasteiger charge is 2.35. The highest BCUT2D eigenvalue weighted by Crippen LogP contribution is 2.38. The number of aromatic nitrogens is 4. The van der Waals surface area contributed by atoms with E-state index in [0.29, 0.717) is 36.3 Å². The molecular formula is C24H25N5O4. The topological polar surface area (TPSA) is 104 Å². The number of amides is 1. The van der Waals surface area contributed by atoms with Gasteiger partial charge in [0.25, 0.3) is 5.91 Å². The molecule has 9 heteroatoms. The molecule has 1 amide bonds. The Morgan fingerprint density at radius 3 is 2.97 bits per heavy atom. The van der Waals surface area contributed by atoms with Crippen LogP contribution in [0.1, 0.15) is 40.7 Å². The van der Waals surface area contributed by atoms with Crippen molar-refractivity contribution >= 4 is 17.2 Å². The van der Waals surface area contributed by atoms with Crippen molar-refractivity contribution in [2.45, 2.75) is 31.8 Å². The maximum atomic E-state index is 12.9. The molecule has 0 aliphatic heterocycles.